The van der Waals surface area contributed by atoms with Crippen molar-refractivity contribution in [2.75, 3.05) is 18.0 Å². The third kappa shape index (κ3) is 2.23. The van der Waals surface area contributed by atoms with Crippen molar-refractivity contribution in [2.24, 2.45) is 11.7 Å². The summed E-state index contributed by atoms with van der Waals surface area (Å²) in [6, 6.07) is 7.64. The van der Waals surface area contributed by atoms with Crippen molar-refractivity contribution >= 4 is 23.2 Å². The van der Waals surface area contributed by atoms with Crippen LogP contribution in [0.5, 0.6) is 0 Å². The molecule has 0 aromatic heterocycles. The van der Waals surface area contributed by atoms with Crippen molar-refractivity contribution < 1.29 is 4.79 Å². The summed E-state index contributed by atoms with van der Waals surface area (Å²) in [4.78, 5) is 13.2. The largest absolute Gasteiger partial charge is 0.371 e. The van der Waals surface area contributed by atoms with Gasteiger partial charge in [-0.05, 0) is 30.7 Å². The minimum Gasteiger partial charge on any atom is -0.371 e. The first-order valence-electron chi connectivity index (χ1n) is 4.96. The van der Waals surface area contributed by atoms with E-state index in [-0.39, 0.29) is 11.8 Å². The van der Waals surface area contributed by atoms with Gasteiger partial charge in [-0.3, -0.25) is 4.79 Å². The van der Waals surface area contributed by atoms with Gasteiger partial charge in [0, 0.05) is 23.8 Å². The summed E-state index contributed by atoms with van der Waals surface area (Å²) in [5, 5.41) is 0.726. The third-order valence-corrected chi connectivity index (χ3v) is 3.03. The van der Waals surface area contributed by atoms with Gasteiger partial charge >= 0.3 is 0 Å². The second-order valence-corrected chi connectivity index (χ2v) is 4.25. The van der Waals surface area contributed by atoms with Crippen molar-refractivity contribution in [1.29, 1.82) is 0 Å². The van der Waals surface area contributed by atoms with E-state index in [1.165, 1.54) is 0 Å². The fourth-order valence-corrected chi connectivity index (χ4v) is 2.00. The molecule has 1 heterocycles. The number of hydrogen-bond donors (Lipinski definition) is 1. The van der Waals surface area contributed by atoms with Gasteiger partial charge < -0.3 is 10.6 Å². The van der Waals surface area contributed by atoms with Crippen LogP contribution in [-0.2, 0) is 4.79 Å². The number of rotatable bonds is 2. The smallest absolute Gasteiger partial charge is 0.222 e. The van der Waals surface area contributed by atoms with Gasteiger partial charge in [0.05, 0.1) is 5.92 Å². The average Bonchev–Trinajstić information content (AvgIpc) is 2.68. The van der Waals surface area contributed by atoms with Gasteiger partial charge in [0.1, 0.15) is 0 Å². The lowest BCUT2D eigenvalue weighted by atomic mass is 10.1. The normalized spacial score (nSPS) is 20.6. The Kier molecular flexibility index (Phi) is 2.82. The maximum Gasteiger partial charge on any atom is 0.222 e. The van der Waals surface area contributed by atoms with Gasteiger partial charge in [-0.15, -0.1) is 0 Å². The molecule has 1 aliphatic rings. The second kappa shape index (κ2) is 4.11. The summed E-state index contributed by atoms with van der Waals surface area (Å²) in [5.74, 6) is -0.216. The SMILES string of the molecule is NC(=O)[C@H]1CCN(c2ccc(Cl)cc2)C1. The van der Waals surface area contributed by atoms with Crippen LogP contribution in [0.1, 0.15) is 6.42 Å². The van der Waals surface area contributed by atoms with Crippen LogP contribution in [0.3, 0.4) is 0 Å². The highest BCUT2D eigenvalue weighted by Gasteiger charge is 2.26. The number of nitrogens with two attached hydrogens (primary N) is 1. The third-order valence-electron chi connectivity index (χ3n) is 2.78. The molecule has 3 nitrogen and oxygen atoms in total. The van der Waals surface area contributed by atoms with E-state index in [0.717, 1.165) is 30.2 Å². The lowest BCUT2D eigenvalue weighted by Crippen LogP contribution is -2.27. The van der Waals surface area contributed by atoms with Crippen LogP contribution in [0.25, 0.3) is 0 Å². The Morgan fingerprint density at radius 3 is 2.60 bits per heavy atom. The minimum atomic E-state index is -0.202. The number of anilines is 1. The number of carbonyl (C=O) groups excluding carboxylic acids is 1. The molecule has 0 unspecified atom stereocenters. The van der Waals surface area contributed by atoms with E-state index in [1.807, 2.05) is 24.3 Å². The quantitative estimate of drug-likeness (QED) is 0.831. The maximum atomic E-state index is 11.0. The van der Waals surface area contributed by atoms with Crippen LogP contribution >= 0.6 is 11.6 Å². The van der Waals surface area contributed by atoms with Crippen LogP contribution < -0.4 is 10.6 Å². The van der Waals surface area contributed by atoms with Gasteiger partial charge in [-0.1, -0.05) is 11.6 Å². The summed E-state index contributed by atoms with van der Waals surface area (Å²) >= 11 is 5.80. The summed E-state index contributed by atoms with van der Waals surface area (Å²) in [6.45, 7) is 1.60. The van der Waals surface area contributed by atoms with E-state index in [2.05, 4.69) is 4.90 Å². The maximum absolute atomic E-state index is 11.0. The van der Waals surface area contributed by atoms with E-state index in [1.54, 1.807) is 0 Å². The van der Waals surface area contributed by atoms with Crippen molar-refractivity contribution in [1.82, 2.24) is 0 Å². The van der Waals surface area contributed by atoms with E-state index >= 15 is 0 Å². The van der Waals surface area contributed by atoms with Crippen molar-refractivity contribution in [2.45, 2.75) is 6.42 Å². The molecule has 80 valence electrons. The highest BCUT2D eigenvalue weighted by molar-refractivity contribution is 6.30. The molecule has 4 heteroatoms. The van der Waals surface area contributed by atoms with E-state index in [0.29, 0.717) is 0 Å². The first-order valence-corrected chi connectivity index (χ1v) is 5.34. The molecule has 1 aromatic carbocycles. The van der Waals surface area contributed by atoms with Crippen LogP contribution in [0.4, 0.5) is 5.69 Å². The Hall–Kier alpha value is -1.22. The first-order chi connectivity index (χ1) is 7.16. The van der Waals surface area contributed by atoms with E-state index < -0.39 is 0 Å². The predicted octanol–water partition coefficient (Wildman–Crippen LogP) is 1.65. The summed E-state index contributed by atoms with van der Waals surface area (Å²) in [7, 11) is 0. The molecule has 15 heavy (non-hydrogen) atoms. The van der Waals surface area contributed by atoms with Gasteiger partial charge in [-0.2, -0.15) is 0 Å². The highest BCUT2D eigenvalue weighted by atomic mass is 35.5. The lowest BCUT2D eigenvalue weighted by Gasteiger charge is -2.17. The number of halogens is 1. The molecule has 1 atom stereocenters. The fourth-order valence-electron chi connectivity index (χ4n) is 1.88. The average molecular weight is 225 g/mol. The zero-order valence-corrected chi connectivity index (χ0v) is 9.07. The second-order valence-electron chi connectivity index (χ2n) is 3.81. The van der Waals surface area contributed by atoms with Crippen molar-refractivity contribution in [3.63, 3.8) is 0 Å². The first kappa shape index (κ1) is 10.3. The molecule has 2 rings (SSSR count). The molecule has 1 aromatic rings. The Bertz CT molecular complexity index is 363. The highest BCUT2D eigenvalue weighted by Crippen LogP contribution is 2.24. The zero-order valence-electron chi connectivity index (χ0n) is 8.32. The molecule has 0 aliphatic carbocycles. The van der Waals surface area contributed by atoms with Crippen LogP contribution in [-0.4, -0.2) is 19.0 Å². The van der Waals surface area contributed by atoms with Gasteiger partial charge in [0.25, 0.3) is 0 Å². The molecular weight excluding hydrogens is 212 g/mol. The van der Waals surface area contributed by atoms with Crippen LogP contribution in [0, 0.1) is 5.92 Å². The number of carbonyl (C=O) groups is 1. The van der Waals surface area contributed by atoms with Gasteiger partial charge in [-0.25, -0.2) is 0 Å². The molecule has 1 fully saturated rings. The van der Waals surface area contributed by atoms with Crippen LogP contribution in [0.2, 0.25) is 5.02 Å². The fraction of sp³-hybridized carbons (Fsp3) is 0.364. The Labute approximate surface area is 93.8 Å². The molecular formula is C11H13ClN2O. The predicted molar refractivity (Wildman–Crippen MR) is 61.0 cm³/mol. The number of benzene rings is 1. The Morgan fingerprint density at radius 2 is 2.07 bits per heavy atom. The molecule has 1 aliphatic heterocycles. The Morgan fingerprint density at radius 1 is 1.40 bits per heavy atom. The van der Waals surface area contributed by atoms with Gasteiger partial charge in [0.15, 0.2) is 0 Å². The van der Waals surface area contributed by atoms with E-state index in [9.17, 15) is 4.79 Å². The van der Waals surface area contributed by atoms with Crippen molar-refractivity contribution in [3.05, 3.63) is 29.3 Å². The number of hydrogen-bond acceptors (Lipinski definition) is 2. The topological polar surface area (TPSA) is 46.3 Å². The van der Waals surface area contributed by atoms with Crippen LogP contribution in [0.15, 0.2) is 24.3 Å². The molecule has 0 spiro atoms. The minimum absolute atomic E-state index is 0.0133. The lowest BCUT2D eigenvalue weighted by molar-refractivity contribution is -0.121. The van der Waals surface area contributed by atoms with Gasteiger partial charge in [0.2, 0.25) is 5.91 Å². The molecule has 1 saturated heterocycles. The Balaban J connectivity index is 2.07. The molecule has 2 N–H and O–H groups in total. The summed E-state index contributed by atoms with van der Waals surface area (Å²) in [6.07, 6.45) is 0.845. The number of primary amides is 1. The zero-order chi connectivity index (χ0) is 10.8. The summed E-state index contributed by atoms with van der Waals surface area (Å²) in [5.41, 5.74) is 6.38. The number of amides is 1. The summed E-state index contributed by atoms with van der Waals surface area (Å²) < 4.78 is 0. The molecule has 0 saturated carbocycles. The molecule has 0 bridgehead atoms. The molecule has 1 amide bonds. The standard InChI is InChI=1S/C11H13ClN2O/c12-9-1-3-10(4-2-9)14-6-5-8(7-14)11(13)15/h1-4,8H,5-7H2,(H2,13,15)/t8-/m0/s1. The number of nitrogens with zero attached hydrogens (tertiary/aromatic N) is 1. The molecule has 0 radical (unpaired) electrons. The monoisotopic (exact) mass is 224 g/mol. The van der Waals surface area contributed by atoms with Crippen molar-refractivity contribution in [3.8, 4) is 0 Å². The van der Waals surface area contributed by atoms with E-state index in [4.69, 9.17) is 17.3 Å².